The van der Waals surface area contributed by atoms with Gasteiger partial charge in [0.05, 0.1) is 25.0 Å². The second-order valence-electron chi connectivity index (χ2n) is 6.87. The number of methoxy groups -OCH3 is 1. The van der Waals surface area contributed by atoms with E-state index in [4.69, 9.17) is 14.0 Å². The quantitative estimate of drug-likeness (QED) is 0.645. The lowest BCUT2D eigenvalue weighted by Gasteiger charge is -2.23. The molecule has 0 aliphatic carbocycles. The van der Waals surface area contributed by atoms with Crippen LogP contribution in [0.25, 0.3) is 11.4 Å². The number of benzene rings is 2. The fraction of sp³-hybridized carbons (Fsp3) is 0.318. The molecule has 1 aliphatic heterocycles. The number of hydrogen-bond donors (Lipinski definition) is 1. The van der Waals surface area contributed by atoms with E-state index in [9.17, 15) is 4.79 Å². The third-order valence-electron chi connectivity index (χ3n) is 5.02. The van der Waals surface area contributed by atoms with Crippen LogP contribution in [0.1, 0.15) is 31.7 Å². The summed E-state index contributed by atoms with van der Waals surface area (Å²) in [4.78, 5) is 19.3. The Kier molecular flexibility index (Phi) is 5.83. The molecular formula is C22H24N4O4. The number of carbonyl (C=O) groups is 1. The summed E-state index contributed by atoms with van der Waals surface area (Å²) < 4.78 is 16.5. The van der Waals surface area contributed by atoms with Gasteiger partial charge in [-0.1, -0.05) is 29.4 Å². The van der Waals surface area contributed by atoms with Crippen LogP contribution >= 0.6 is 0 Å². The van der Waals surface area contributed by atoms with Crippen LogP contribution in [0.2, 0.25) is 0 Å². The lowest BCUT2D eigenvalue weighted by atomic mass is 10.2. The van der Waals surface area contributed by atoms with Crippen molar-refractivity contribution < 1.29 is 18.8 Å². The van der Waals surface area contributed by atoms with E-state index in [0.717, 1.165) is 18.4 Å². The molecule has 1 N–H and O–H groups in total. The molecule has 1 aliphatic rings. The number of urea groups is 1. The number of amides is 2. The van der Waals surface area contributed by atoms with Gasteiger partial charge >= 0.3 is 6.03 Å². The standard InChI is InChI=1S/C22H24N4O4/c1-3-29-19-13-7-5-10-16(19)23-22(27)26-14-8-11-17(26)21-24-20(25-30-21)15-9-4-6-12-18(15)28-2/h4-7,9-10,12-13,17H,3,8,11,14H2,1-2H3,(H,23,27)/t17-/m1/s1. The van der Waals surface area contributed by atoms with Crippen LogP contribution in [-0.2, 0) is 0 Å². The van der Waals surface area contributed by atoms with Gasteiger partial charge in [0.25, 0.3) is 0 Å². The summed E-state index contributed by atoms with van der Waals surface area (Å²) in [5, 5.41) is 7.06. The zero-order valence-corrected chi connectivity index (χ0v) is 17.0. The van der Waals surface area contributed by atoms with Crippen molar-refractivity contribution in [2.45, 2.75) is 25.8 Å². The zero-order valence-electron chi connectivity index (χ0n) is 17.0. The Balaban J connectivity index is 1.53. The Morgan fingerprint density at radius 3 is 2.77 bits per heavy atom. The van der Waals surface area contributed by atoms with Gasteiger partial charge in [-0.3, -0.25) is 0 Å². The van der Waals surface area contributed by atoms with Crippen LogP contribution in [-0.4, -0.2) is 41.3 Å². The molecule has 2 amide bonds. The van der Waals surface area contributed by atoms with Gasteiger partial charge < -0.3 is 24.2 Å². The lowest BCUT2D eigenvalue weighted by molar-refractivity contribution is 0.193. The number of likely N-dealkylation sites (tertiary alicyclic amines) is 1. The van der Waals surface area contributed by atoms with Gasteiger partial charge in [0.2, 0.25) is 11.7 Å². The molecule has 1 aromatic heterocycles. The fourth-order valence-corrected chi connectivity index (χ4v) is 3.61. The second-order valence-corrected chi connectivity index (χ2v) is 6.87. The maximum Gasteiger partial charge on any atom is 0.322 e. The SMILES string of the molecule is CCOc1ccccc1NC(=O)N1CCC[C@@H]1c1nc(-c2ccccc2OC)no1. The van der Waals surface area contributed by atoms with Crippen LogP contribution in [0.3, 0.4) is 0 Å². The van der Waals surface area contributed by atoms with E-state index in [1.54, 1.807) is 12.0 Å². The summed E-state index contributed by atoms with van der Waals surface area (Å²) in [6.07, 6.45) is 1.62. The van der Waals surface area contributed by atoms with Gasteiger partial charge in [0, 0.05) is 6.54 Å². The molecule has 8 heteroatoms. The molecule has 4 rings (SSSR count). The monoisotopic (exact) mass is 408 g/mol. The van der Waals surface area contributed by atoms with Gasteiger partial charge in [0.15, 0.2) is 0 Å². The molecule has 8 nitrogen and oxygen atoms in total. The summed E-state index contributed by atoms with van der Waals surface area (Å²) in [6.45, 7) is 3.04. The largest absolute Gasteiger partial charge is 0.496 e. The molecule has 3 aromatic rings. The minimum atomic E-state index is -0.278. The third-order valence-corrected chi connectivity index (χ3v) is 5.02. The van der Waals surface area contributed by atoms with Crippen LogP contribution in [0.5, 0.6) is 11.5 Å². The predicted molar refractivity (Wildman–Crippen MR) is 112 cm³/mol. The van der Waals surface area contributed by atoms with Crippen molar-refractivity contribution in [2.24, 2.45) is 0 Å². The summed E-state index contributed by atoms with van der Waals surface area (Å²) in [5.74, 6) is 2.16. The average molecular weight is 408 g/mol. The van der Waals surface area contributed by atoms with Crippen molar-refractivity contribution in [2.75, 3.05) is 25.6 Å². The number of anilines is 1. The molecule has 0 saturated carbocycles. The molecular weight excluding hydrogens is 384 g/mol. The van der Waals surface area contributed by atoms with E-state index in [0.29, 0.717) is 42.1 Å². The highest BCUT2D eigenvalue weighted by atomic mass is 16.5. The minimum Gasteiger partial charge on any atom is -0.496 e. The first kappa shape index (κ1) is 19.8. The number of nitrogens with one attached hydrogen (secondary N) is 1. The summed E-state index contributed by atoms with van der Waals surface area (Å²) in [5.41, 5.74) is 1.38. The van der Waals surface area contributed by atoms with Crippen molar-refractivity contribution in [1.82, 2.24) is 15.0 Å². The second kappa shape index (κ2) is 8.86. The normalized spacial score (nSPS) is 15.8. The van der Waals surface area contributed by atoms with Gasteiger partial charge in [-0.2, -0.15) is 4.98 Å². The van der Waals surface area contributed by atoms with Gasteiger partial charge in [-0.15, -0.1) is 0 Å². The number of aromatic nitrogens is 2. The van der Waals surface area contributed by atoms with Crippen molar-refractivity contribution in [1.29, 1.82) is 0 Å². The molecule has 0 radical (unpaired) electrons. The van der Waals surface area contributed by atoms with Crippen LogP contribution < -0.4 is 14.8 Å². The minimum absolute atomic E-state index is 0.221. The highest BCUT2D eigenvalue weighted by Crippen LogP contribution is 2.34. The first-order valence-corrected chi connectivity index (χ1v) is 9.97. The molecule has 1 fully saturated rings. The van der Waals surface area contributed by atoms with E-state index in [1.165, 1.54) is 0 Å². The van der Waals surface area contributed by atoms with Crippen molar-refractivity contribution in [3.8, 4) is 22.9 Å². The zero-order chi connectivity index (χ0) is 20.9. The van der Waals surface area contributed by atoms with Gasteiger partial charge in [-0.05, 0) is 44.0 Å². The molecule has 0 spiro atoms. The van der Waals surface area contributed by atoms with E-state index < -0.39 is 0 Å². The molecule has 2 heterocycles. The average Bonchev–Trinajstić information content (AvgIpc) is 3.45. The van der Waals surface area contributed by atoms with Crippen molar-refractivity contribution >= 4 is 11.7 Å². The maximum atomic E-state index is 13.0. The summed E-state index contributed by atoms with van der Waals surface area (Å²) in [6, 6.07) is 14.4. The fourth-order valence-electron chi connectivity index (χ4n) is 3.61. The van der Waals surface area contributed by atoms with E-state index >= 15 is 0 Å². The predicted octanol–water partition coefficient (Wildman–Crippen LogP) is 4.51. The number of ether oxygens (including phenoxy) is 2. The molecule has 156 valence electrons. The molecule has 0 unspecified atom stereocenters. The highest BCUT2D eigenvalue weighted by molar-refractivity contribution is 5.91. The molecule has 30 heavy (non-hydrogen) atoms. The summed E-state index contributed by atoms with van der Waals surface area (Å²) >= 11 is 0. The topological polar surface area (TPSA) is 89.7 Å². The number of hydrogen-bond acceptors (Lipinski definition) is 6. The number of rotatable bonds is 6. The van der Waals surface area contributed by atoms with Crippen LogP contribution in [0, 0.1) is 0 Å². The van der Waals surface area contributed by atoms with E-state index in [-0.39, 0.29) is 12.1 Å². The Labute approximate surface area is 174 Å². The lowest BCUT2D eigenvalue weighted by Crippen LogP contribution is -2.34. The Morgan fingerprint density at radius 2 is 1.97 bits per heavy atom. The van der Waals surface area contributed by atoms with Gasteiger partial charge in [0.1, 0.15) is 17.5 Å². The van der Waals surface area contributed by atoms with E-state index in [2.05, 4.69) is 15.5 Å². The molecule has 2 aromatic carbocycles. The summed E-state index contributed by atoms with van der Waals surface area (Å²) in [7, 11) is 1.60. The van der Waals surface area contributed by atoms with Gasteiger partial charge in [-0.25, -0.2) is 4.79 Å². The number of carbonyl (C=O) groups excluding carboxylic acids is 1. The Bertz CT molecular complexity index is 1020. The molecule has 0 bridgehead atoms. The maximum absolute atomic E-state index is 13.0. The smallest absolute Gasteiger partial charge is 0.322 e. The number of nitrogens with zero attached hydrogens (tertiary/aromatic N) is 3. The first-order valence-electron chi connectivity index (χ1n) is 9.97. The third kappa shape index (κ3) is 3.94. The Hall–Kier alpha value is -3.55. The van der Waals surface area contributed by atoms with Crippen LogP contribution in [0.4, 0.5) is 10.5 Å². The van der Waals surface area contributed by atoms with Crippen molar-refractivity contribution in [3.63, 3.8) is 0 Å². The molecule has 1 saturated heterocycles. The van der Waals surface area contributed by atoms with Crippen molar-refractivity contribution in [3.05, 3.63) is 54.4 Å². The number of para-hydroxylation sites is 3. The van der Waals surface area contributed by atoms with Crippen LogP contribution in [0.15, 0.2) is 53.1 Å². The molecule has 1 atom stereocenters. The van der Waals surface area contributed by atoms with E-state index in [1.807, 2.05) is 55.5 Å². The Morgan fingerprint density at radius 1 is 1.20 bits per heavy atom. The first-order chi connectivity index (χ1) is 14.7. The highest BCUT2D eigenvalue weighted by Gasteiger charge is 2.34.